The second-order valence-electron chi connectivity index (χ2n) is 5.12. The summed E-state index contributed by atoms with van der Waals surface area (Å²) in [6, 6.07) is 0. The Hall–Kier alpha value is -0.880. The van der Waals surface area contributed by atoms with Crippen molar-refractivity contribution in [2.75, 3.05) is 6.26 Å². The predicted molar refractivity (Wildman–Crippen MR) is 69.0 cm³/mol. The van der Waals surface area contributed by atoms with E-state index in [0.717, 1.165) is 18.8 Å². The fourth-order valence-electron chi connectivity index (χ4n) is 2.91. The van der Waals surface area contributed by atoms with Crippen LogP contribution >= 0.6 is 0 Å². The highest BCUT2D eigenvalue weighted by molar-refractivity contribution is 7.91. The molecule has 2 atom stereocenters. The Labute approximate surface area is 108 Å². The minimum absolute atomic E-state index is 0.311. The summed E-state index contributed by atoms with van der Waals surface area (Å²) in [5.41, 5.74) is -1.16. The summed E-state index contributed by atoms with van der Waals surface area (Å²) in [5.74, 6) is 0.760. The van der Waals surface area contributed by atoms with Crippen LogP contribution < -0.4 is 0 Å². The molecular weight excluding hydrogens is 252 g/mol. The van der Waals surface area contributed by atoms with Gasteiger partial charge in [0.25, 0.3) is 0 Å². The van der Waals surface area contributed by atoms with E-state index in [2.05, 4.69) is 4.98 Å². The normalized spacial score (nSPS) is 28.7. The van der Waals surface area contributed by atoms with E-state index in [4.69, 9.17) is 0 Å². The molecule has 1 aromatic heterocycles. The SMILES string of the molecule is CCn1ccnc1CC1(O)CCCC1S(C)(=O)=O. The van der Waals surface area contributed by atoms with E-state index in [-0.39, 0.29) is 0 Å². The molecule has 1 aliphatic carbocycles. The predicted octanol–water partition coefficient (Wildman–Crippen LogP) is 0.774. The van der Waals surface area contributed by atoms with Crippen molar-refractivity contribution in [1.82, 2.24) is 9.55 Å². The van der Waals surface area contributed by atoms with Crippen molar-refractivity contribution in [2.45, 2.75) is 50.0 Å². The molecule has 0 spiro atoms. The standard InChI is InChI=1S/C12H20N2O3S/c1-3-14-8-7-13-11(14)9-12(15)6-4-5-10(12)18(2,16)17/h7-8,10,15H,3-6,9H2,1-2H3. The van der Waals surface area contributed by atoms with Crippen LogP contribution in [0.4, 0.5) is 0 Å². The molecule has 1 fully saturated rings. The van der Waals surface area contributed by atoms with Crippen LogP contribution in [0, 0.1) is 0 Å². The molecule has 1 aromatic rings. The molecule has 102 valence electrons. The highest BCUT2D eigenvalue weighted by Crippen LogP contribution is 2.37. The average molecular weight is 272 g/mol. The van der Waals surface area contributed by atoms with Crippen molar-refractivity contribution in [3.05, 3.63) is 18.2 Å². The molecule has 2 rings (SSSR count). The Balaban J connectivity index is 2.26. The van der Waals surface area contributed by atoms with Crippen LogP contribution in [0.5, 0.6) is 0 Å². The number of sulfone groups is 1. The largest absolute Gasteiger partial charge is 0.388 e. The van der Waals surface area contributed by atoms with Crippen LogP contribution in [0.3, 0.4) is 0 Å². The summed E-state index contributed by atoms with van der Waals surface area (Å²) in [6.07, 6.45) is 6.88. The third-order valence-electron chi connectivity index (χ3n) is 3.80. The topological polar surface area (TPSA) is 72.2 Å². The van der Waals surface area contributed by atoms with Gasteiger partial charge in [0, 0.05) is 31.6 Å². The van der Waals surface area contributed by atoms with Crippen LogP contribution in [0.2, 0.25) is 0 Å². The van der Waals surface area contributed by atoms with E-state index < -0.39 is 20.7 Å². The molecule has 0 saturated heterocycles. The summed E-state index contributed by atoms with van der Waals surface area (Å²) in [7, 11) is -3.22. The van der Waals surface area contributed by atoms with Gasteiger partial charge in [0.1, 0.15) is 5.82 Å². The molecule has 18 heavy (non-hydrogen) atoms. The van der Waals surface area contributed by atoms with Crippen molar-refractivity contribution in [2.24, 2.45) is 0 Å². The quantitative estimate of drug-likeness (QED) is 0.879. The minimum Gasteiger partial charge on any atom is -0.388 e. The lowest BCUT2D eigenvalue weighted by Crippen LogP contribution is -2.44. The van der Waals surface area contributed by atoms with Gasteiger partial charge in [-0.05, 0) is 26.2 Å². The molecule has 1 aliphatic rings. The smallest absolute Gasteiger partial charge is 0.153 e. The Morgan fingerprint density at radius 3 is 2.94 bits per heavy atom. The summed E-state index contributed by atoms with van der Waals surface area (Å²) < 4.78 is 25.4. The Bertz CT molecular complexity index is 523. The van der Waals surface area contributed by atoms with E-state index >= 15 is 0 Å². The number of aliphatic hydroxyl groups is 1. The van der Waals surface area contributed by atoms with Crippen molar-refractivity contribution in [3.63, 3.8) is 0 Å². The van der Waals surface area contributed by atoms with Crippen LogP contribution in [-0.2, 0) is 22.8 Å². The molecule has 0 radical (unpaired) electrons. The second kappa shape index (κ2) is 4.66. The molecule has 1 heterocycles. The van der Waals surface area contributed by atoms with Crippen LogP contribution in [0.25, 0.3) is 0 Å². The minimum atomic E-state index is -3.22. The van der Waals surface area contributed by atoms with Gasteiger partial charge < -0.3 is 9.67 Å². The lowest BCUT2D eigenvalue weighted by atomic mass is 9.97. The maximum atomic E-state index is 11.7. The molecule has 0 aliphatic heterocycles. The summed E-state index contributed by atoms with van der Waals surface area (Å²) in [4.78, 5) is 4.22. The van der Waals surface area contributed by atoms with E-state index in [1.807, 2.05) is 17.7 Å². The average Bonchev–Trinajstić information content (AvgIpc) is 2.84. The van der Waals surface area contributed by atoms with Gasteiger partial charge in [-0.3, -0.25) is 0 Å². The van der Waals surface area contributed by atoms with E-state index in [0.29, 0.717) is 19.3 Å². The number of aryl methyl sites for hydroxylation is 1. The molecule has 1 saturated carbocycles. The van der Waals surface area contributed by atoms with Gasteiger partial charge in [-0.15, -0.1) is 0 Å². The van der Waals surface area contributed by atoms with Crippen molar-refractivity contribution in [3.8, 4) is 0 Å². The van der Waals surface area contributed by atoms with Gasteiger partial charge >= 0.3 is 0 Å². The Morgan fingerprint density at radius 1 is 1.61 bits per heavy atom. The highest BCUT2D eigenvalue weighted by Gasteiger charge is 2.47. The van der Waals surface area contributed by atoms with Gasteiger partial charge in [-0.25, -0.2) is 13.4 Å². The first kappa shape index (κ1) is 13.5. The van der Waals surface area contributed by atoms with Gasteiger partial charge in [-0.1, -0.05) is 0 Å². The number of hydrogen-bond donors (Lipinski definition) is 1. The van der Waals surface area contributed by atoms with Gasteiger partial charge in [0.15, 0.2) is 9.84 Å². The van der Waals surface area contributed by atoms with Gasteiger partial charge in [0.05, 0.1) is 10.9 Å². The Kier molecular flexibility index (Phi) is 3.51. The fraction of sp³-hybridized carbons (Fsp3) is 0.750. The van der Waals surface area contributed by atoms with E-state index in [9.17, 15) is 13.5 Å². The van der Waals surface area contributed by atoms with Gasteiger partial charge in [-0.2, -0.15) is 0 Å². The molecule has 5 nitrogen and oxygen atoms in total. The second-order valence-corrected chi connectivity index (χ2v) is 7.35. The van der Waals surface area contributed by atoms with E-state index in [1.54, 1.807) is 6.20 Å². The number of rotatable bonds is 4. The summed E-state index contributed by atoms with van der Waals surface area (Å²) in [6.45, 7) is 2.77. The summed E-state index contributed by atoms with van der Waals surface area (Å²) in [5, 5.41) is 9.99. The number of aromatic nitrogens is 2. The third-order valence-corrected chi connectivity index (χ3v) is 5.51. The lowest BCUT2D eigenvalue weighted by Gasteiger charge is -2.28. The van der Waals surface area contributed by atoms with Crippen LogP contribution in [0.1, 0.15) is 32.0 Å². The van der Waals surface area contributed by atoms with E-state index in [1.165, 1.54) is 6.26 Å². The first-order valence-corrected chi connectivity index (χ1v) is 8.23. The first-order chi connectivity index (χ1) is 8.37. The zero-order valence-electron chi connectivity index (χ0n) is 10.8. The molecule has 0 aromatic carbocycles. The maximum Gasteiger partial charge on any atom is 0.153 e. The number of hydrogen-bond acceptors (Lipinski definition) is 4. The number of imidazole rings is 1. The monoisotopic (exact) mass is 272 g/mol. The fourth-order valence-corrected chi connectivity index (χ4v) is 4.50. The molecular formula is C12H20N2O3S. The molecule has 2 unspecified atom stereocenters. The highest BCUT2D eigenvalue weighted by atomic mass is 32.2. The zero-order valence-corrected chi connectivity index (χ0v) is 11.7. The van der Waals surface area contributed by atoms with Crippen molar-refractivity contribution < 1.29 is 13.5 Å². The molecule has 0 amide bonds. The lowest BCUT2D eigenvalue weighted by molar-refractivity contribution is 0.0484. The van der Waals surface area contributed by atoms with Crippen molar-refractivity contribution in [1.29, 1.82) is 0 Å². The summed E-state index contributed by atoms with van der Waals surface area (Å²) >= 11 is 0. The third kappa shape index (κ3) is 2.44. The van der Waals surface area contributed by atoms with Crippen molar-refractivity contribution >= 4 is 9.84 Å². The Morgan fingerprint density at radius 2 is 2.33 bits per heavy atom. The molecule has 6 heteroatoms. The maximum absolute atomic E-state index is 11.7. The van der Waals surface area contributed by atoms with Crippen LogP contribution in [-0.4, -0.2) is 40.2 Å². The van der Waals surface area contributed by atoms with Gasteiger partial charge in [0.2, 0.25) is 0 Å². The zero-order chi connectivity index (χ0) is 13.4. The first-order valence-electron chi connectivity index (χ1n) is 6.28. The van der Waals surface area contributed by atoms with Crippen LogP contribution in [0.15, 0.2) is 12.4 Å². The number of nitrogens with zero attached hydrogens (tertiary/aromatic N) is 2. The molecule has 0 bridgehead atoms. The molecule has 1 N–H and O–H groups in total.